The molecule has 0 aliphatic carbocycles. The summed E-state index contributed by atoms with van der Waals surface area (Å²) in [6.45, 7) is 5.68. The lowest BCUT2D eigenvalue weighted by Crippen LogP contribution is -2.30. The maximum atomic E-state index is 12.7. The van der Waals surface area contributed by atoms with Crippen molar-refractivity contribution >= 4 is 11.6 Å². The summed E-state index contributed by atoms with van der Waals surface area (Å²) < 4.78 is 43.7. The molecule has 0 bridgehead atoms. The molecule has 6 heteroatoms. The van der Waals surface area contributed by atoms with Gasteiger partial charge in [0.25, 0.3) is 5.91 Å². The van der Waals surface area contributed by atoms with Gasteiger partial charge in [0.15, 0.2) is 6.10 Å². The van der Waals surface area contributed by atoms with Crippen molar-refractivity contribution in [2.75, 3.05) is 5.32 Å². The summed E-state index contributed by atoms with van der Waals surface area (Å²) in [5, 5.41) is 2.44. The highest BCUT2D eigenvalue weighted by Crippen LogP contribution is 2.30. The Morgan fingerprint density at radius 1 is 1.04 bits per heavy atom. The SMILES string of the molecule is CC(Oc1ccc(C(C)C)cc1)C(=O)Nc1cccc(C(F)(F)F)c1. The zero-order valence-corrected chi connectivity index (χ0v) is 14.2. The van der Waals surface area contributed by atoms with Gasteiger partial charge in [-0.15, -0.1) is 0 Å². The van der Waals surface area contributed by atoms with Crippen molar-refractivity contribution in [3.63, 3.8) is 0 Å². The van der Waals surface area contributed by atoms with E-state index < -0.39 is 23.8 Å². The molecule has 0 spiro atoms. The van der Waals surface area contributed by atoms with Crippen LogP contribution < -0.4 is 10.1 Å². The van der Waals surface area contributed by atoms with Crippen LogP contribution in [0.1, 0.15) is 37.8 Å². The van der Waals surface area contributed by atoms with Crippen molar-refractivity contribution in [2.24, 2.45) is 0 Å². The normalized spacial score (nSPS) is 12.8. The Balaban J connectivity index is 2.00. The molecule has 0 aromatic heterocycles. The fourth-order valence-electron chi connectivity index (χ4n) is 2.21. The number of nitrogens with one attached hydrogen (secondary N) is 1. The molecule has 1 N–H and O–H groups in total. The van der Waals surface area contributed by atoms with Gasteiger partial charge in [0.2, 0.25) is 0 Å². The average molecular weight is 351 g/mol. The number of benzene rings is 2. The Kier molecular flexibility index (Phi) is 5.72. The second-order valence-corrected chi connectivity index (χ2v) is 6.05. The number of carbonyl (C=O) groups is 1. The largest absolute Gasteiger partial charge is 0.481 e. The van der Waals surface area contributed by atoms with Crippen LogP contribution in [0.2, 0.25) is 0 Å². The molecular formula is C19H20F3NO2. The number of ether oxygens (including phenoxy) is 1. The molecule has 0 saturated heterocycles. The van der Waals surface area contributed by atoms with E-state index in [1.165, 1.54) is 12.1 Å². The maximum absolute atomic E-state index is 12.7. The predicted molar refractivity (Wildman–Crippen MR) is 90.7 cm³/mol. The Morgan fingerprint density at radius 3 is 2.24 bits per heavy atom. The van der Waals surface area contributed by atoms with Crippen LogP contribution >= 0.6 is 0 Å². The van der Waals surface area contributed by atoms with E-state index in [1.54, 1.807) is 19.1 Å². The van der Waals surface area contributed by atoms with Crippen molar-refractivity contribution in [2.45, 2.75) is 39.0 Å². The molecule has 1 amide bonds. The van der Waals surface area contributed by atoms with Crippen LogP contribution in [0.25, 0.3) is 0 Å². The quantitative estimate of drug-likeness (QED) is 0.800. The van der Waals surface area contributed by atoms with Crippen LogP contribution in [0, 0.1) is 0 Å². The third kappa shape index (κ3) is 5.24. The summed E-state index contributed by atoms with van der Waals surface area (Å²) >= 11 is 0. The van der Waals surface area contributed by atoms with Gasteiger partial charge < -0.3 is 10.1 Å². The first kappa shape index (κ1) is 18.8. The van der Waals surface area contributed by atoms with E-state index in [9.17, 15) is 18.0 Å². The molecule has 25 heavy (non-hydrogen) atoms. The van der Waals surface area contributed by atoms with E-state index in [4.69, 9.17) is 4.74 Å². The molecule has 1 unspecified atom stereocenters. The number of hydrogen-bond acceptors (Lipinski definition) is 2. The van der Waals surface area contributed by atoms with Gasteiger partial charge in [-0.25, -0.2) is 0 Å². The average Bonchev–Trinajstić information content (AvgIpc) is 2.54. The van der Waals surface area contributed by atoms with Gasteiger partial charge >= 0.3 is 6.18 Å². The van der Waals surface area contributed by atoms with Crippen LogP contribution in [0.4, 0.5) is 18.9 Å². The fourth-order valence-corrected chi connectivity index (χ4v) is 2.21. The lowest BCUT2D eigenvalue weighted by molar-refractivity contribution is -0.137. The maximum Gasteiger partial charge on any atom is 0.416 e. The molecule has 2 aromatic rings. The first-order valence-electron chi connectivity index (χ1n) is 7.91. The number of amides is 1. The molecule has 1 atom stereocenters. The zero-order valence-electron chi connectivity index (χ0n) is 14.2. The molecule has 2 rings (SSSR count). The summed E-state index contributed by atoms with van der Waals surface area (Å²) in [5.41, 5.74) is 0.405. The van der Waals surface area contributed by atoms with Crippen LogP contribution in [0.3, 0.4) is 0 Å². The van der Waals surface area contributed by atoms with Gasteiger partial charge in [-0.3, -0.25) is 4.79 Å². The summed E-state index contributed by atoms with van der Waals surface area (Å²) in [6, 6.07) is 11.8. The van der Waals surface area contributed by atoms with E-state index in [-0.39, 0.29) is 5.69 Å². The molecule has 0 heterocycles. The van der Waals surface area contributed by atoms with Crippen molar-refractivity contribution in [1.82, 2.24) is 0 Å². The number of anilines is 1. The highest BCUT2D eigenvalue weighted by molar-refractivity contribution is 5.94. The van der Waals surface area contributed by atoms with E-state index in [0.29, 0.717) is 11.7 Å². The number of alkyl halides is 3. The van der Waals surface area contributed by atoms with E-state index >= 15 is 0 Å². The van der Waals surface area contributed by atoms with Crippen LogP contribution in [0.15, 0.2) is 48.5 Å². The summed E-state index contributed by atoms with van der Waals surface area (Å²) in [6.07, 6.45) is -5.31. The second kappa shape index (κ2) is 7.59. The second-order valence-electron chi connectivity index (χ2n) is 6.05. The Hall–Kier alpha value is -2.50. The highest BCUT2D eigenvalue weighted by Gasteiger charge is 2.30. The zero-order chi connectivity index (χ0) is 18.6. The first-order chi connectivity index (χ1) is 11.7. The van der Waals surface area contributed by atoms with Crippen LogP contribution in [-0.4, -0.2) is 12.0 Å². The third-order valence-electron chi connectivity index (χ3n) is 3.69. The first-order valence-corrected chi connectivity index (χ1v) is 7.91. The molecule has 0 radical (unpaired) electrons. The van der Waals surface area contributed by atoms with Crippen molar-refractivity contribution in [3.05, 3.63) is 59.7 Å². The van der Waals surface area contributed by atoms with Gasteiger partial charge in [-0.1, -0.05) is 32.0 Å². The monoisotopic (exact) mass is 351 g/mol. The fraction of sp³-hybridized carbons (Fsp3) is 0.316. The Morgan fingerprint density at radius 2 is 1.68 bits per heavy atom. The summed E-state index contributed by atoms with van der Waals surface area (Å²) in [4.78, 5) is 12.1. The summed E-state index contributed by atoms with van der Waals surface area (Å²) in [7, 11) is 0. The molecule has 0 fully saturated rings. The van der Waals surface area contributed by atoms with Gasteiger partial charge in [0.05, 0.1) is 5.56 Å². The van der Waals surface area contributed by atoms with E-state index in [2.05, 4.69) is 19.2 Å². The molecule has 2 aromatic carbocycles. The van der Waals surface area contributed by atoms with E-state index in [0.717, 1.165) is 17.7 Å². The molecule has 0 saturated carbocycles. The Bertz CT molecular complexity index is 724. The molecular weight excluding hydrogens is 331 g/mol. The highest BCUT2D eigenvalue weighted by atomic mass is 19.4. The van der Waals surface area contributed by atoms with Gasteiger partial charge in [0.1, 0.15) is 5.75 Å². The van der Waals surface area contributed by atoms with Gasteiger partial charge in [-0.05, 0) is 48.7 Å². The minimum absolute atomic E-state index is 0.0745. The minimum Gasteiger partial charge on any atom is -0.481 e. The number of hydrogen-bond donors (Lipinski definition) is 1. The lowest BCUT2D eigenvalue weighted by atomic mass is 10.0. The summed E-state index contributed by atoms with van der Waals surface area (Å²) in [5.74, 6) is 0.388. The van der Waals surface area contributed by atoms with Crippen LogP contribution in [0.5, 0.6) is 5.75 Å². The lowest BCUT2D eigenvalue weighted by Gasteiger charge is -2.16. The van der Waals surface area contributed by atoms with Gasteiger partial charge in [-0.2, -0.15) is 13.2 Å². The molecule has 134 valence electrons. The third-order valence-corrected chi connectivity index (χ3v) is 3.69. The topological polar surface area (TPSA) is 38.3 Å². The van der Waals surface area contributed by atoms with Crippen molar-refractivity contribution < 1.29 is 22.7 Å². The number of carbonyl (C=O) groups excluding carboxylic acids is 1. The van der Waals surface area contributed by atoms with E-state index in [1.807, 2.05) is 12.1 Å². The molecule has 0 aliphatic heterocycles. The Labute approximate surface area is 144 Å². The smallest absolute Gasteiger partial charge is 0.416 e. The standard InChI is InChI=1S/C19H20F3NO2/c1-12(2)14-7-9-17(10-8-14)25-13(3)18(24)23-16-6-4-5-15(11-16)19(20,21)22/h4-13H,1-3H3,(H,23,24). The van der Waals surface area contributed by atoms with Crippen molar-refractivity contribution in [3.8, 4) is 5.75 Å². The number of halogens is 3. The molecule has 0 aliphatic rings. The number of rotatable bonds is 5. The van der Waals surface area contributed by atoms with Crippen LogP contribution in [-0.2, 0) is 11.0 Å². The van der Waals surface area contributed by atoms with Crippen molar-refractivity contribution in [1.29, 1.82) is 0 Å². The predicted octanol–water partition coefficient (Wildman–Crippen LogP) is 5.23. The minimum atomic E-state index is -4.46. The van der Waals surface area contributed by atoms with Gasteiger partial charge in [0, 0.05) is 5.69 Å². The molecule has 3 nitrogen and oxygen atoms in total.